The number of halogens is 1. The zero-order valence-electron chi connectivity index (χ0n) is 14.0. The van der Waals surface area contributed by atoms with Crippen LogP contribution in [0.5, 0.6) is 5.75 Å². The van der Waals surface area contributed by atoms with Crippen LogP contribution >= 0.6 is 11.6 Å². The van der Waals surface area contributed by atoms with Gasteiger partial charge in [0.05, 0.1) is 0 Å². The Balaban J connectivity index is 1.71. The van der Waals surface area contributed by atoms with Crippen molar-refractivity contribution in [1.82, 2.24) is 0 Å². The maximum Gasteiger partial charge on any atom is 0.291 e. The molecule has 0 unspecified atom stereocenters. The van der Waals surface area contributed by atoms with Gasteiger partial charge in [-0.05, 0) is 30.2 Å². The van der Waals surface area contributed by atoms with Crippen molar-refractivity contribution in [2.75, 3.05) is 5.32 Å². The first-order chi connectivity index (χ1) is 12.5. The highest BCUT2D eigenvalue weighted by Gasteiger charge is 2.13. The van der Waals surface area contributed by atoms with Crippen LogP contribution in [0.2, 0.25) is 5.02 Å². The predicted molar refractivity (Wildman–Crippen MR) is 99.9 cm³/mol. The summed E-state index contributed by atoms with van der Waals surface area (Å²) in [5.74, 6) is -0.604. The number of ether oxygens (including phenoxy) is 1. The van der Waals surface area contributed by atoms with Crippen LogP contribution in [0, 0.1) is 6.92 Å². The van der Waals surface area contributed by atoms with Crippen molar-refractivity contribution < 1.29 is 13.9 Å². The fourth-order valence-electron chi connectivity index (χ4n) is 2.27. The Labute approximate surface area is 155 Å². The molecule has 0 spiro atoms. The minimum absolute atomic E-state index is 0.0457. The first-order valence-corrected chi connectivity index (χ1v) is 8.28. The van der Waals surface area contributed by atoms with Crippen LogP contribution in [0.4, 0.5) is 5.69 Å². The fraction of sp³-hybridized carbons (Fsp3) is 0.100. The second kappa shape index (κ2) is 7.89. The highest BCUT2D eigenvalue weighted by molar-refractivity contribution is 6.31. The number of carbonyl (C=O) groups excluding carboxylic acids is 1. The molecule has 1 heterocycles. The van der Waals surface area contributed by atoms with E-state index in [1.165, 1.54) is 0 Å². The quantitative estimate of drug-likeness (QED) is 0.722. The van der Waals surface area contributed by atoms with Gasteiger partial charge in [-0.3, -0.25) is 9.59 Å². The summed E-state index contributed by atoms with van der Waals surface area (Å²) in [7, 11) is 0. The van der Waals surface area contributed by atoms with E-state index in [1.807, 2.05) is 37.3 Å². The van der Waals surface area contributed by atoms with Gasteiger partial charge in [-0.2, -0.15) is 0 Å². The Hall–Kier alpha value is -3.05. The molecule has 0 fully saturated rings. The standard InChI is InChI=1S/C20H16ClNO4/c1-13-7-8-15(21)9-16(13)22-20(24)18-10-17(23)19(12-26-18)25-11-14-5-3-2-4-6-14/h2-10,12H,11H2,1H3,(H,22,24). The van der Waals surface area contributed by atoms with E-state index in [0.29, 0.717) is 10.7 Å². The minimum Gasteiger partial charge on any atom is -0.482 e. The zero-order valence-corrected chi connectivity index (χ0v) is 14.7. The topological polar surface area (TPSA) is 68.5 Å². The average molecular weight is 370 g/mol. The largest absolute Gasteiger partial charge is 0.482 e. The molecular formula is C20H16ClNO4. The summed E-state index contributed by atoms with van der Waals surface area (Å²) < 4.78 is 10.7. The third-order valence-corrected chi connectivity index (χ3v) is 3.94. The Morgan fingerprint density at radius 2 is 1.92 bits per heavy atom. The summed E-state index contributed by atoms with van der Waals surface area (Å²) in [6, 6.07) is 15.7. The van der Waals surface area contributed by atoms with Gasteiger partial charge in [0.1, 0.15) is 12.9 Å². The van der Waals surface area contributed by atoms with Crippen molar-refractivity contribution in [2.45, 2.75) is 13.5 Å². The average Bonchev–Trinajstić information content (AvgIpc) is 2.64. The SMILES string of the molecule is Cc1ccc(Cl)cc1NC(=O)c1cc(=O)c(OCc2ccccc2)co1. The summed E-state index contributed by atoms with van der Waals surface area (Å²) in [5, 5.41) is 3.17. The van der Waals surface area contributed by atoms with Gasteiger partial charge < -0.3 is 14.5 Å². The number of benzene rings is 2. The number of amides is 1. The van der Waals surface area contributed by atoms with Gasteiger partial charge in [0.2, 0.25) is 11.2 Å². The Kier molecular flexibility index (Phi) is 5.39. The number of hydrogen-bond acceptors (Lipinski definition) is 4. The van der Waals surface area contributed by atoms with Gasteiger partial charge in [0.15, 0.2) is 5.76 Å². The van der Waals surface area contributed by atoms with E-state index in [0.717, 1.165) is 23.5 Å². The van der Waals surface area contributed by atoms with E-state index in [2.05, 4.69) is 5.32 Å². The molecule has 0 aliphatic rings. The van der Waals surface area contributed by atoms with Crippen molar-refractivity contribution in [3.05, 3.63) is 93.0 Å². The van der Waals surface area contributed by atoms with Gasteiger partial charge in [0, 0.05) is 16.8 Å². The summed E-state index contributed by atoms with van der Waals surface area (Å²) in [4.78, 5) is 24.4. The first-order valence-electron chi connectivity index (χ1n) is 7.90. The molecule has 0 aliphatic heterocycles. The molecule has 6 heteroatoms. The van der Waals surface area contributed by atoms with Gasteiger partial charge >= 0.3 is 0 Å². The molecule has 0 radical (unpaired) electrons. The lowest BCUT2D eigenvalue weighted by Crippen LogP contribution is -2.16. The van der Waals surface area contributed by atoms with Gasteiger partial charge in [-0.25, -0.2) is 0 Å². The van der Waals surface area contributed by atoms with E-state index in [-0.39, 0.29) is 18.1 Å². The van der Waals surface area contributed by atoms with E-state index in [1.54, 1.807) is 18.2 Å². The molecular weight excluding hydrogens is 354 g/mol. The van der Waals surface area contributed by atoms with E-state index in [9.17, 15) is 9.59 Å². The highest BCUT2D eigenvalue weighted by Crippen LogP contribution is 2.21. The van der Waals surface area contributed by atoms with E-state index >= 15 is 0 Å². The van der Waals surface area contributed by atoms with Crippen molar-refractivity contribution >= 4 is 23.2 Å². The number of aryl methyl sites for hydroxylation is 1. The molecule has 0 aliphatic carbocycles. The number of hydrogen-bond donors (Lipinski definition) is 1. The number of anilines is 1. The van der Waals surface area contributed by atoms with Crippen molar-refractivity contribution in [1.29, 1.82) is 0 Å². The van der Waals surface area contributed by atoms with Gasteiger partial charge in [-0.15, -0.1) is 0 Å². The lowest BCUT2D eigenvalue weighted by Gasteiger charge is -2.09. The van der Waals surface area contributed by atoms with Crippen LogP contribution < -0.4 is 15.5 Å². The fourth-order valence-corrected chi connectivity index (χ4v) is 2.44. The van der Waals surface area contributed by atoms with Crippen LogP contribution in [-0.4, -0.2) is 5.91 Å². The van der Waals surface area contributed by atoms with Crippen molar-refractivity contribution in [3.63, 3.8) is 0 Å². The monoisotopic (exact) mass is 369 g/mol. The number of rotatable bonds is 5. The smallest absolute Gasteiger partial charge is 0.291 e. The summed E-state index contributed by atoms with van der Waals surface area (Å²) in [6.07, 6.45) is 1.14. The molecule has 0 saturated carbocycles. The van der Waals surface area contributed by atoms with Crippen molar-refractivity contribution in [2.24, 2.45) is 0 Å². The number of nitrogens with one attached hydrogen (secondary N) is 1. The molecule has 5 nitrogen and oxygen atoms in total. The Morgan fingerprint density at radius 1 is 1.15 bits per heavy atom. The maximum atomic E-state index is 12.3. The van der Waals surface area contributed by atoms with Crippen molar-refractivity contribution in [3.8, 4) is 5.75 Å². The molecule has 1 amide bonds. The minimum atomic E-state index is -0.540. The van der Waals surface area contributed by atoms with E-state index < -0.39 is 11.3 Å². The molecule has 3 rings (SSSR count). The molecule has 0 atom stereocenters. The van der Waals surface area contributed by atoms with Crippen LogP contribution in [0.3, 0.4) is 0 Å². The maximum absolute atomic E-state index is 12.3. The molecule has 26 heavy (non-hydrogen) atoms. The van der Waals surface area contributed by atoms with Crippen LogP contribution in [0.25, 0.3) is 0 Å². The molecule has 3 aromatic rings. The summed E-state index contributed by atoms with van der Waals surface area (Å²) in [6.45, 7) is 2.07. The molecule has 0 saturated heterocycles. The van der Waals surface area contributed by atoms with Crippen LogP contribution in [0.1, 0.15) is 21.7 Å². The molecule has 2 aromatic carbocycles. The lowest BCUT2D eigenvalue weighted by atomic mass is 10.2. The molecule has 132 valence electrons. The molecule has 0 bridgehead atoms. The Bertz CT molecular complexity index is 983. The van der Waals surface area contributed by atoms with Gasteiger partial charge in [0.25, 0.3) is 5.91 Å². The predicted octanol–water partition coefficient (Wildman–Crippen LogP) is 4.43. The first kappa shape index (κ1) is 17.8. The van der Waals surface area contributed by atoms with E-state index in [4.69, 9.17) is 20.8 Å². The third-order valence-electron chi connectivity index (χ3n) is 3.71. The summed E-state index contributed by atoms with van der Waals surface area (Å²) in [5.41, 5.74) is 1.88. The molecule has 1 aromatic heterocycles. The Morgan fingerprint density at radius 3 is 2.65 bits per heavy atom. The lowest BCUT2D eigenvalue weighted by molar-refractivity contribution is 0.0993. The second-order valence-corrected chi connectivity index (χ2v) is 6.10. The van der Waals surface area contributed by atoms with Crippen LogP contribution in [-0.2, 0) is 6.61 Å². The zero-order chi connectivity index (χ0) is 18.5. The number of carbonyl (C=O) groups is 1. The normalized spacial score (nSPS) is 10.4. The summed E-state index contributed by atoms with van der Waals surface area (Å²) >= 11 is 5.94. The third kappa shape index (κ3) is 4.32. The van der Waals surface area contributed by atoms with Crippen LogP contribution in [0.15, 0.2) is 70.1 Å². The molecule has 1 N–H and O–H groups in total. The highest BCUT2D eigenvalue weighted by atomic mass is 35.5. The second-order valence-electron chi connectivity index (χ2n) is 5.66. The van der Waals surface area contributed by atoms with Gasteiger partial charge in [-0.1, -0.05) is 48.0 Å².